The highest BCUT2D eigenvalue weighted by Gasteiger charge is 2.49. The van der Waals surface area contributed by atoms with E-state index in [1.165, 1.54) is 7.11 Å². The third-order valence-electron chi connectivity index (χ3n) is 4.57. The number of carbonyl (C=O) groups excluding carboxylic acids is 2. The van der Waals surface area contributed by atoms with E-state index in [4.69, 9.17) is 4.74 Å². The van der Waals surface area contributed by atoms with E-state index in [-0.39, 0.29) is 5.78 Å². The molecule has 112 valence electrons. The van der Waals surface area contributed by atoms with Crippen LogP contribution in [0.15, 0.2) is 54.6 Å². The largest absolute Gasteiger partial charge is 0.369 e. The van der Waals surface area contributed by atoms with Crippen LogP contribution in [0.5, 0.6) is 0 Å². The molecule has 0 amide bonds. The summed E-state index contributed by atoms with van der Waals surface area (Å²) in [6.07, 6.45) is 2.08. The number of rotatable bonds is 4. The predicted molar refractivity (Wildman–Crippen MR) is 84.1 cm³/mol. The second kappa shape index (κ2) is 5.85. The first-order chi connectivity index (χ1) is 10.7. The molecule has 0 spiro atoms. The number of hydrogen-bond acceptors (Lipinski definition) is 3. The van der Waals surface area contributed by atoms with E-state index in [1.54, 1.807) is 0 Å². The number of benzene rings is 2. The normalized spacial score (nSPS) is 22.0. The van der Waals surface area contributed by atoms with Crippen molar-refractivity contribution in [1.29, 1.82) is 0 Å². The molecule has 22 heavy (non-hydrogen) atoms. The SMILES string of the molecule is CO[C@@]1([C@H](C=O)c2ccccc2)CCc2ccccc2C1=O. The minimum atomic E-state index is -1.11. The molecule has 2 atom stereocenters. The molecule has 0 unspecified atom stereocenters. The summed E-state index contributed by atoms with van der Waals surface area (Å²) in [6.45, 7) is 0. The van der Waals surface area contributed by atoms with E-state index < -0.39 is 11.5 Å². The van der Waals surface area contributed by atoms with Gasteiger partial charge in [-0.3, -0.25) is 4.79 Å². The van der Waals surface area contributed by atoms with Gasteiger partial charge in [0.25, 0.3) is 0 Å². The first kappa shape index (κ1) is 14.7. The van der Waals surface area contributed by atoms with Crippen molar-refractivity contribution in [2.45, 2.75) is 24.4 Å². The van der Waals surface area contributed by atoms with E-state index in [1.807, 2.05) is 54.6 Å². The third-order valence-corrected chi connectivity index (χ3v) is 4.57. The molecule has 1 aliphatic rings. The van der Waals surface area contributed by atoms with Crippen LogP contribution in [0.1, 0.15) is 33.8 Å². The molecule has 2 aromatic carbocycles. The van der Waals surface area contributed by atoms with Gasteiger partial charge in [0, 0.05) is 12.7 Å². The van der Waals surface area contributed by atoms with Gasteiger partial charge < -0.3 is 9.53 Å². The first-order valence-electron chi connectivity index (χ1n) is 7.41. The molecule has 1 aliphatic carbocycles. The highest BCUT2D eigenvalue weighted by Crippen LogP contribution is 2.40. The molecule has 0 saturated carbocycles. The number of ketones is 1. The number of aldehydes is 1. The second-order valence-corrected chi connectivity index (χ2v) is 5.60. The van der Waals surface area contributed by atoms with E-state index >= 15 is 0 Å². The van der Waals surface area contributed by atoms with Crippen molar-refractivity contribution in [1.82, 2.24) is 0 Å². The molecule has 3 heteroatoms. The summed E-state index contributed by atoms with van der Waals surface area (Å²) in [6, 6.07) is 16.9. The molecule has 0 aliphatic heterocycles. The van der Waals surface area contributed by atoms with E-state index in [0.717, 1.165) is 23.8 Å². The van der Waals surface area contributed by atoms with Gasteiger partial charge in [-0.05, 0) is 24.0 Å². The summed E-state index contributed by atoms with van der Waals surface area (Å²) < 4.78 is 5.67. The van der Waals surface area contributed by atoms with Gasteiger partial charge in [0.05, 0.1) is 5.92 Å². The quantitative estimate of drug-likeness (QED) is 0.813. The van der Waals surface area contributed by atoms with Crippen LogP contribution in [0.3, 0.4) is 0 Å². The average molecular weight is 294 g/mol. The molecule has 0 aromatic heterocycles. The summed E-state index contributed by atoms with van der Waals surface area (Å²) in [5.41, 5.74) is 1.39. The van der Waals surface area contributed by atoms with E-state index in [2.05, 4.69) is 0 Å². The van der Waals surface area contributed by atoms with E-state index in [9.17, 15) is 9.59 Å². The third kappa shape index (κ3) is 2.18. The van der Waals surface area contributed by atoms with Crippen LogP contribution in [0, 0.1) is 0 Å². The molecule has 0 bridgehead atoms. The molecule has 0 fully saturated rings. The van der Waals surface area contributed by atoms with Crippen LogP contribution in [-0.2, 0) is 16.0 Å². The molecular formula is C19H18O3. The van der Waals surface area contributed by atoms with Gasteiger partial charge in [0.1, 0.15) is 11.9 Å². The van der Waals surface area contributed by atoms with Crippen molar-refractivity contribution in [2.75, 3.05) is 7.11 Å². The number of Topliss-reactive ketones (excluding diaryl/α,β-unsaturated/α-hetero) is 1. The Bertz CT molecular complexity index is 693. The van der Waals surface area contributed by atoms with Gasteiger partial charge in [-0.25, -0.2) is 0 Å². The maximum Gasteiger partial charge on any atom is 0.195 e. The van der Waals surface area contributed by atoms with Crippen LogP contribution in [0.4, 0.5) is 0 Å². The molecule has 3 nitrogen and oxygen atoms in total. The summed E-state index contributed by atoms with van der Waals surface area (Å²) in [5, 5.41) is 0. The lowest BCUT2D eigenvalue weighted by Crippen LogP contribution is -2.50. The zero-order chi connectivity index (χ0) is 15.6. The smallest absolute Gasteiger partial charge is 0.195 e. The van der Waals surface area contributed by atoms with Crippen molar-refractivity contribution in [3.63, 3.8) is 0 Å². The number of fused-ring (bicyclic) bond motifs is 1. The van der Waals surface area contributed by atoms with Crippen molar-refractivity contribution in [3.05, 3.63) is 71.3 Å². The minimum absolute atomic E-state index is 0.0993. The lowest BCUT2D eigenvalue weighted by Gasteiger charge is -2.39. The highest BCUT2D eigenvalue weighted by molar-refractivity contribution is 6.07. The van der Waals surface area contributed by atoms with Crippen LogP contribution < -0.4 is 0 Å². The van der Waals surface area contributed by atoms with Gasteiger partial charge >= 0.3 is 0 Å². The van der Waals surface area contributed by atoms with Crippen LogP contribution >= 0.6 is 0 Å². The fourth-order valence-electron chi connectivity index (χ4n) is 3.36. The maximum atomic E-state index is 13.1. The fraction of sp³-hybridized carbons (Fsp3) is 0.263. The predicted octanol–water partition coefficient (Wildman–Crippen LogP) is 3.18. The van der Waals surface area contributed by atoms with Gasteiger partial charge in [-0.2, -0.15) is 0 Å². The van der Waals surface area contributed by atoms with Crippen LogP contribution in [-0.4, -0.2) is 24.8 Å². The van der Waals surface area contributed by atoms with Crippen LogP contribution in [0.25, 0.3) is 0 Å². The number of hydrogen-bond donors (Lipinski definition) is 0. The monoisotopic (exact) mass is 294 g/mol. The molecule has 2 aromatic rings. The van der Waals surface area contributed by atoms with Gasteiger partial charge in [-0.15, -0.1) is 0 Å². The van der Waals surface area contributed by atoms with Gasteiger partial charge in [0.15, 0.2) is 5.78 Å². The summed E-state index contributed by atoms with van der Waals surface area (Å²) in [4.78, 5) is 24.9. The fourth-order valence-corrected chi connectivity index (χ4v) is 3.36. The second-order valence-electron chi connectivity index (χ2n) is 5.60. The van der Waals surface area contributed by atoms with E-state index in [0.29, 0.717) is 12.0 Å². The Balaban J connectivity index is 2.10. The maximum absolute atomic E-state index is 13.1. The summed E-state index contributed by atoms with van der Waals surface area (Å²) in [5.74, 6) is -0.697. The molecule has 0 heterocycles. The molecule has 0 radical (unpaired) electrons. The van der Waals surface area contributed by atoms with Crippen molar-refractivity contribution >= 4 is 12.1 Å². The Morgan fingerprint density at radius 1 is 1.09 bits per heavy atom. The Morgan fingerprint density at radius 3 is 2.45 bits per heavy atom. The lowest BCUT2D eigenvalue weighted by molar-refractivity contribution is -0.115. The minimum Gasteiger partial charge on any atom is -0.369 e. The summed E-state index contributed by atoms with van der Waals surface area (Å²) >= 11 is 0. The van der Waals surface area contributed by atoms with Crippen LogP contribution in [0.2, 0.25) is 0 Å². The lowest BCUT2D eigenvalue weighted by atomic mass is 9.70. The van der Waals surface area contributed by atoms with Crippen molar-refractivity contribution in [2.24, 2.45) is 0 Å². The molecule has 0 saturated heterocycles. The number of methoxy groups -OCH3 is 1. The molecule has 0 N–H and O–H groups in total. The highest BCUT2D eigenvalue weighted by atomic mass is 16.5. The zero-order valence-electron chi connectivity index (χ0n) is 12.5. The Morgan fingerprint density at radius 2 is 1.77 bits per heavy atom. The topological polar surface area (TPSA) is 43.4 Å². The van der Waals surface area contributed by atoms with Crippen molar-refractivity contribution in [3.8, 4) is 0 Å². The Kier molecular flexibility index (Phi) is 3.90. The zero-order valence-corrected chi connectivity index (χ0v) is 12.5. The standard InChI is InChI=1S/C19H18O3/c1-22-19(17(13-20)15-8-3-2-4-9-15)12-11-14-7-5-6-10-16(14)18(19)21/h2-10,13,17H,11-12H2,1H3/t17-,19-/m1/s1. The molecular weight excluding hydrogens is 276 g/mol. The molecule has 3 rings (SSSR count). The Hall–Kier alpha value is -2.26. The van der Waals surface area contributed by atoms with Gasteiger partial charge in [0.2, 0.25) is 0 Å². The summed E-state index contributed by atoms with van der Waals surface area (Å²) in [7, 11) is 1.52. The number of ether oxygens (including phenoxy) is 1. The number of carbonyl (C=O) groups is 2. The number of aryl methyl sites for hydroxylation is 1. The van der Waals surface area contributed by atoms with Gasteiger partial charge in [-0.1, -0.05) is 54.6 Å². The average Bonchev–Trinajstić information content (AvgIpc) is 2.59. The first-order valence-corrected chi connectivity index (χ1v) is 7.41. The Labute approximate surface area is 129 Å². The van der Waals surface area contributed by atoms with Crippen molar-refractivity contribution < 1.29 is 14.3 Å².